The van der Waals surface area contributed by atoms with Crippen LogP contribution in [0.2, 0.25) is 0 Å². The zero-order valence-electron chi connectivity index (χ0n) is 12.6. The van der Waals surface area contributed by atoms with Gasteiger partial charge in [-0.2, -0.15) is 9.61 Å². The standard InChI is InChI=1S/C16H14F2N4O/c1-9(2)16-20-19-15-6-4-11(21-22(15)16)8-14(23)12-5-3-10(17)7-13(12)18/h3-7,9H,8H2,1-2H3. The summed E-state index contributed by atoms with van der Waals surface area (Å²) >= 11 is 0. The average molecular weight is 316 g/mol. The number of hydrogen-bond acceptors (Lipinski definition) is 4. The number of benzene rings is 1. The molecule has 0 aliphatic heterocycles. The molecule has 0 bridgehead atoms. The number of carbonyl (C=O) groups is 1. The summed E-state index contributed by atoms with van der Waals surface area (Å²) in [6.45, 7) is 3.92. The van der Waals surface area contributed by atoms with Crippen LogP contribution in [0.15, 0.2) is 30.3 Å². The number of ketones is 1. The highest BCUT2D eigenvalue weighted by Crippen LogP contribution is 2.15. The smallest absolute Gasteiger partial charge is 0.177 e. The minimum absolute atomic E-state index is 0.0891. The van der Waals surface area contributed by atoms with Crippen molar-refractivity contribution in [1.29, 1.82) is 0 Å². The summed E-state index contributed by atoms with van der Waals surface area (Å²) in [4.78, 5) is 12.2. The Morgan fingerprint density at radius 2 is 1.96 bits per heavy atom. The van der Waals surface area contributed by atoms with Crippen molar-refractivity contribution in [2.45, 2.75) is 26.2 Å². The first-order chi connectivity index (χ1) is 11.0. The largest absolute Gasteiger partial charge is 0.294 e. The molecule has 0 aliphatic carbocycles. The van der Waals surface area contributed by atoms with E-state index in [1.807, 2.05) is 13.8 Å². The highest BCUT2D eigenvalue weighted by Gasteiger charge is 2.16. The van der Waals surface area contributed by atoms with Crippen LogP contribution in [0.4, 0.5) is 8.78 Å². The summed E-state index contributed by atoms with van der Waals surface area (Å²) in [6.07, 6.45) is -0.0891. The molecular formula is C16H14F2N4O. The molecule has 23 heavy (non-hydrogen) atoms. The lowest BCUT2D eigenvalue weighted by atomic mass is 10.1. The van der Waals surface area contributed by atoms with Crippen molar-refractivity contribution in [3.8, 4) is 0 Å². The molecule has 0 saturated heterocycles. The number of Topliss-reactive ketones (excluding diaryl/α,β-unsaturated/α-hetero) is 1. The van der Waals surface area contributed by atoms with Gasteiger partial charge in [0, 0.05) is 12.0 Å². The van der Waals surface area contributed by atoms with E-state index >= 15 is 0 Å². The average Bonchev–Trinajstić information content (AvgIpc) is 2.90. The first kappa shape index (κ1) is 15.2. The van der Waals surface area contributed by atoms with E-state index in [-0.39, 0.29) is 17.9 Å². The Hall–Kier alpha value is -2.70. The first-order valence-electron chi connectivity index (χ1n) is 7.15. The fraction of sp³-hybridized carbons (Fsp3) is 0.250. The third kappa shape index (κ3) is 2.94. The van der Waals surface area contributed by atoms with Gasteiger partial charge in [0.05, 0.1) is 17.7 Å². The van der Waals surface area contributed by atoms with Crippen LogP contribution in [0.25, 0.3) is 5.65 Å². The van der Waals surface area contributed by atoms with Gasteiger partial charge in [0.1, 0.15) is 11.6 Å². The van der Waals surface area contributed by atoms with Gasteiger partial charge in [0.2, 0.25) is 0 Å². The lowest BCUT2D eigenvalue weighted by Crippen LogP contribution is -2.10. The number of halogens is 2. The molecule has 0 radical (unpaired) electrons. The van der Waals surface area contributed by atoms with E-state index in [1.165, 1.54) is 0 Å². The van der Waals surface area contributed by atoms with Gasteiger partial charge in [-0.1, -0.05) is 13.8 Å². The molecule has 2 heterocycles. The van der Waals surface area contributed by atoms with Crippen molar-refractivity contribution in [3.05, 3.63) is 59.0 Å². The van der Waals surface area contributed by atoms with Gasteiger partial charge in [0.25, 0.3) is 0 Å². The van der Waals surface area contributed by atoms with E-state index in [4.69, 9.17) is 0 Å². The summed E-state index contributed by atoms with van der Waals surface area (Å²) in [5.74, 6) is -1.25. The van der Waals surface area contributed by atoms with Crippen LogP contribution in [0, 0.1) is 11.6 Å². The quantitative estimate of drug-likeness (QED) is 0.694. The maximum Gasteiger partial charge on any atom is 0.177 e. The molecule has 1 aromatic carbocycles. The minimum atomic E-state index is -0.872. The molecule has 0 unspecified atom stereocenters. The second-order valence-corrected chi connectivity index (χ2v) is 5.53. The van der Waals surface area contributed by atoms with Crippen LogP contribution in [-0.4, -0.2) is 25.6 Å². The number of aromatic nitrogens is 4. The second-order valence-electron chi connectivity index (χ2n) is 5.53. The molecule has 2 aromatic heterocycles. The van der Waals surface area contributed by atoms with Crippen molar-refractivity contribution in [2.75, 3.05) is 0 Å². The molecule has 0 amide bonds. The third-order valence-corrected chi connectivity index (χ3v) is 3.43. The SMILES string of the molecule is CC(C)c1nnc2ccc(CC(=O)c3ccc(F)cc3F)nn12. The fourth-order valence-corrected chi connectivity index (χ4v) is 2.27. The van der Waals surface area contributed by atoms with E-state index < -0.39 is 17.4 Å². The molecular weight excluding hydrogens is 302 g/mol. The highest BCUT2D eigenvalue weighted by atomic mass is 19.1. The van der Waals surface area contributed by atoms with Crippen LogP contribution in [0.5, 0.6) is 0 Å². The summed E-state index contributed by atoms with van der Waals surface area (Å²) in [5, 5.41) is 12.4. The Morgan fingerprint density at radius 1 is 1.17 bits per heavy atom. The van der Waals surface area contributed by atoms with Crippen LogP contribution in [-0.2, 0) is 6.42 Å². The third-order valence-electron chi connectivity index (χ3n) is 3.43. The number of rotatable bonds is 4. The Balaban J connectivity index is 1.91. The van der Waals surface area contributed by atoms with E-state index in [9.17, 15) is 13.6 Å². The number of nitrogens with zero attached hydrogens (tertiary/aromatic N) is 4. The molecule has 3 rings (SSSR count). The first-order valence-corrected chi connectivity index (χ1v) is 7.15. The van der Waals surface area contributed by atoms with Crippen molar-refractivity contribution in [3.63, 3.8) is 0 Å². The lowest BCUT2D eigenvalue weighted by molar-refractivity contribution is 0.0987. The topological polar surface area (TPSA) is 60.2 Å². The molecule has 7 heteroatoms. The summed E-state index contributed by atoms with van der Waals surface area (Å²) in [5.41, 5.74) is 0.895. The van der Waals surface area contributed by atoms with Gasteiger partial charge < -0.3 is 0 Å². The highest BCUT2D eigenvalue weighted by molar-refractivity contribution is 5.97. The van der Waals surface area contributed by atoms with E-state index in [1.54, 1.807) is 16.6 Å². The van der Waals surface area contributed by atoms with Gasteiger partial charge >= 0.3 is 0 Å². The predicted molar refractivity (Wildman–Crippen MR) is 79.3 cm³/mol. The Kier molecular flexibility index (Phi) is 3.85. The number of fused-ring (bicyclic) bond motifs is 1. The molecule has 5 nitrogen and oxygen atoms in total. The molecule has 0 atom stereocenters. The zero-order valence-corrected chi connectivity index (χ0v) is 12.6. The maximum atomic E-state index is 13.7. The lowest BCUT2D eigenvalue weighted by Gasteiger charge is -2.05. The van der Waals surface area contributed by atoms with Gasteiger partial charge in [-0.15, -0.1) is 10.2 Å². The Labute approximate surface area is 131 Å². The Bertz CT molecular complexity index is 889. The molecule has 0 N–H and O–H groups in total. The Morgan fingerprint density at radius 3 is 2.65 bits per heavy atom. The van der Waals surface area contributed by atoms with Crippen molar-refractivity contribution < 1.29 is 13.6 Å². The van der Waals surface area contributed by atoms with E-state index in [0.717, 1.165) is 12.1 Å². The minimum Gasteiger partial charge on any atom is -0.294 e. The molecule has 0 fully saturated rings. The maximum absolute atomic E-state index is 13.7. The van der Waals surface area contributed by atoms with Crippen LogP contribution in [0.1, 0.15) is 41.6 Å². The molecule has 0 saturated carbocycles. The molecule has 0 aliphatic rings. The second kappa shape index (κ2) is 5.83. The van der Waals surface area contributed by atoms with Crippen LogP contribution in [0.3, 0.4) is 0 Å². The summed E-state index contributed by atoms with van der Waals surface area (Å²) < 4.78 is 28.2. The molecule has 0 spiro atoms. The summed E-state index contributed by atoms with van der Waals surface area (Å²) in [6, 6.07) is 6.25. The molecule has 118 valence electrons. The predicted octanol–water partition coefficient (Wildman–Crippen LogP) is 2.95. The van der Waals surface area contributed by atoms with Gasteiger partial charge in [-0.3, -0.25) is 4.79 Å². The summed E-state index contributed by atoms with van der Waals surface area (Å²) in [7, 11) is 0. The normalized spacial score (nSPS) is 11.3. The number of hydrogen-bond donors (Lipinski definition) is 0. The zero-order chi connectivity index (χ0) is 16.6. The van der Waals surface area contributed by atoms with Crippen molar-refractivity contribution >= 4 is 11.4 Å². The monoisotopic (exact) mass is 316 g/mol. The van der Waals surface area contributed by atoms with Crippen molar-refractivity contribution in [2.24, 2.45) is 0 Å². The fourth-order valence-electron chi connectivity index (χ4n) is 2.27. The van der Waals surface area contributed by atoms with Gasteiger partial charge in [-0.25, -0.2) is 8.78 Å². The van der Waals surface area contributed by atoms with Crippen molar-refractivity contribution in [1.82, 2.24) is 19.8 Å². The van der Waals surface area contributed by atoms with E-state index in [0.29, 0.717) is 23.2 Å². The molecule has 3 aromatic rings. The van der Waals surface area contributed by atoms with Crippen LogP contribution >= 0.6 is 0 Å². The van der Waals surface area contributed by atoms with E-state index in [2.05, 4.69) is 15.3 Å². The van der Waals surface area contributed by atoms with Gasteiger partial charge in [0.15, 0.2) is 17.3 Å². The van der Waals surface area contributed by atoms with Crippen LogP contribution < -0.4 is 0 Å². The number of carbonyl (C=O) groups excluding carboxylic acids is 1. The van der Waals surface area contributed by atoms with Gasteiger partial charge in [-0.05, 0) is 24.3 Å².